The molecule has 1 fully saturated rings. The van der Waals surface area contributed by atoms with Gasteiger partial charge in [0.25, 0.3) is 0 Å². The molecular weight excluding hydrogens is 578 g/mol. The minimum Gasteiger partial charge on any atom is -0.507 e. The van der Waals surface area contributed by atoms with Gasteiger partial charge in [-0.1, -0.05) is 41.5 Å². The van der Waals surface area contributed by atoms with E-state index in [2.05, 4.69) is 58.6 Å². The molecule has 2 amide bonds. The van der Waals surface area contributed by atoms with Gasteiger partial charge < -0.3 is 34.0 Å². The normalized spacial score (nSPS) is 18.3. The van der Waals surface area contributed by atoms with Crippen LogP contribution in [0.25, 0.3) is 0 Å². The molecule has 44 heavy (non-hydrogen) atoms. The summed E-state index contributed by atoms with van der Waals surface area (Å²) in [5.74, 6) is 2.41. The van der Waals surface area contributed by atoms with E-state index in [1.165, 1.54) is 0 Å². The number of carbonyl (C=O) groups excluding carboxylic acids is 2. The maximum absolute atomic E-state index is 13.8. The molecule has 2 atom stereocenters. The Morgan fingerprint density at radius 2 is 1.64 bits per heavy atom. The van der Waals surface area contributed by atoms with Gasteiger partial charge in [0.2, 0.25) is 18.6 Å². The number of nitrogens with zero attached hydrogens (tertiary/aromatic N) is 3. The first-order valence-electron chi connectivity index (χ1n) is 15.3. The van der Waals surface area contributed by atoms with Gasteiger partial charge in [-0.2, -0.15) is 0 Å². The summed E-state index contributed by atoms with van der Waals surface area (Å²) in [5, 5.41) is 10.6. The Labute approximate surface area is 266 Å². The summed E-state index contributed by atoms with van der Waals surface area (Å²) < 4.78 is 16.7. The third-order valence-electron chi connectivity index (χ3n) is 8.05. The molecule has 0 aliphatic carbocycles. The Hall–Kier alpha value is -3.11. The molecule has 1 N–H and O–H groups in total. The van der Waals surface area contributed by atoms with E-state index < -0.39 is 5.25 Å². The number of amides is 2. The van der Waals surface area contributed by atoms with Gasteiger partial charge in [0.15, 0.2) is 11.5 Å². The lowest BCUT2D eigenvalue weighted by Gasteiger charge is -2.31. The second kappa shape index (κ2) is 13.5. The summed E-state index contributed by atoms with van der Waals surface area (Å²) >= 11 is 1.54. The highest BCUT2D eigenvalue weighted by molar-refractivity contribution is 8.01. The average molecular weight is 628 g/mol. The van der Waals surface area contributed by atoms with E-state index in [1.54, 1.807) is 30.8 Å². The molecule has 4 rings (SSSR count). The summed E-state index contributed by atoms with van der Waals surface area (Å²) in [7, 11) is 5.49. The third-order valence-corrected chi connectivity index (χ3v) is 9.53. The van der Waals surface area contributed by atoms with Crippen molar-refractivity contribution in [3.63, 3.8) is 0 Å². The monoisotopic (exact) mass is 627 g/mol. The minimum atomic E-state index is -0.451. The van der Waals surface area contributed by atoms with Crippen LogP contribution in [-0.2, 0) is 20.4 Å². The largest absolute Gasteiger partial charge is 0.507 e. The van der Waals surface area contributed by atoms with Crippen LogP contribution in [0.3, 0.4) is 0 Å². The highest BCUT2D eigenvalue weighted by Gasteiger charge is 2.43. The lowest BCUT2D eigenvalue weighted by molar-refractivity contribution is -0.134. The number of carbonyl (C=O) groups is 2. The zero-order valence-electron chi connectivity index (χ0n) is 27.7. The van der Waals surface area contributed by atoms with Crippen molar-refractivity contribution in [2.45, 2.75) is 75.8 Å². The molecular formula is C34H49N3O6S. The first-order valence-corrected chi connectivity index (χ1v) is 16.3. The number of rotatable bonds is 11. The zero-order valence-corrected chi connectivity index (χ0v) is 28.5. The van der Waals surface area contributed by atoms with Gasteiger partial charge in [-0.05, 0) is 71.8 Å². The molecule has 2 aromatic rings. The van der Waals surface area contributed by atoms with Crippen LogP contribution in [0.2, 0.25) is 0 Å². The van der Waals surface area contributed by atoms with Crippen LogP contribution in [0, 0.1) is 0 Å². The minimum absolute atomic E-state index is 0.00770. The van der Waals surface area contributed by atoms with Gasteiger partial charge in [0, 0.05) is 39.7 Å². The standard InChI is InChI=1S/C34H49N3O6S/c1-33(2,3)24-17-22(18-25(30(24)39)34(4,5)6)32-37(31(40)28(44-32)20-29(38)35(7)8)14-10-13-36(9)15-16-41-23-11-12-26-27(19-23)43-21-42-26/h11-12,17-19,28,32,39H,10,13-16,20-21H2,1-9H3. The lowest BCUT2D eigenvalue weighted by atomic mass is 9.78. The van der Waals surface area contributed by atoms with Gasteiger partial charge in [0.1, 0.15) is 23.5 Å². The molecule has 2 aliphatic rings. The number of thioether (sulfide) groups is 1. The van der Waals surface area contributed by atoms with E-state index in [4.69, 9.17) is 14.2 Å². The SMILES string of the molecule is CN(CCCN1C(=O)C(CC(=O)N(C)C)SC1c1cc(C(C)(C)C)c(O)c(C(C)(C)C)c1)CCOc1ccc2c(c1)OCO2. The second-order valence-corrected chi connectivity index (χ2v) is 15.3. The van der Waals surface area contributed by atoms with Crippen molar-refractivity contribution >= 4 is 23.6 Å². The van der Waals surface area contributed by atoms with E-state index in [9.17, 15) is 14.7 Å². The fraction of sp³-hybridized carbons (Fsp3) is 0.588. The Morgan fingerprint density at radius 1 is 1.00 bits per heavy atom. The molecule has 10 heteroatoms. The second-order valence-electron chi connectivity index (χ2n) is 14.0. The molecule has 0 aromatic heterocycles. The van der Waals surface area contributed by atoms with E-state index >= 15 is 0 Å². The molecule has 0 radical (unpaired) electrons. The number of benzene rings is 2. The number of fused-ring (bicyclic) bond motifs is 1. The Balaban J connectivity index is 1.47. The van der Waals surface area contributed by atoms with Crippen molar-refractivity contribution in [3.8, 4) is 23.0 Å². The molecule has 1 saturated heterocycles. The van der Waals surface area contributed by atoms with Crippen molar-refractivity contribution in [1.82, 2.24) is 14.7 Å². The van der Waals surface area contributed by atoms with Gasteiger partial charge in [0.05, 0.1) is 5.25 Å². The Bertz CT molecular complexity index is 1310. The summed E-state index contributed by atoms with van der Waals surface area (Å²) in [6.07, 6.45) is 0.935. The molecule has 2 aromatic carbocycles. The van der Waals surface area contributed by atoms with E-state index in [1.807, 2.05) is 30.1 Å². The van der Waals surface area contributed by atoms with Crippen LogP contribution in [0.1, 0.15) is 76.4 Å². The van der Waals surface area contributed by atoms with Crippen LogP contribution in [0.15, 0.2) is 30.3 Å². The maximum atomic E-state index is 13.8. The van der Waals surface area contributed by atoms with Crippen molar-refractivity contribution < 1.29 is 28.9 Å². The van der Waals surface area contributed by atoms with E-state index in [-0.39, 0.29) is 41.2 Å². The molecule has 0 saturated carbocycles. The molecule has 0 spiro atoms. The number of hydrogen-bond acceptors (Lipinski definition) is 8. The quantitative estimate of drug-likeness (QED) is 0.348. The highest BCUT2D eigenvalue weighted by Crippen LogP contribution is 2.48. The molecule has 2 aliphatic heterocycles. The predicted molar refractivity (Wildman–Crippen MR) is 175 cm³/mol. The summed E-state index contributed by atoms with van der Waals surface area (Å²) in [6.45, 7) is 15.4. The van der Waals surface area contributed by atoms with E-state index in [0.717, 1.165) is 47.7 Å². The number of ether oxygens (including phenoxy) is 3. The Kier molecular flexibility index (Phi) is 10.4. The van der Waals surface area contributed by atoms with Crippen LogP contribution < -0.4 is 14.2 Å². The topological polar surface area (TPSA) is 91.8 Å². The van der Waals surface area contributed by atoms with E-state index in [0.29, 0.717) is 24.7 Å². The van der Waals surface area contributed by atoms with Gasteiger partial charge in [-0.15, -0.1) is 11.8 Å². The number of phenols is 1. The van der Waals surface area contributed by atoms with Gasteiger partial charge in [-0.25, -0.2) is 0 Å². The van der Waals surface area contributed by atoms with Crippen LogP contribution in [0.5, 0.6) is 23.0 Å². The van der Waals surface area contributed by atoms with Crippen molar-refractivity contribution in [2.24, 2.45) is 0 Å². The molecule has 0 bridgehead atoms. The predicted octanol–water partition coefficient (Wildman–Crippen LogP) is 5.54. The van der Waals surface area contributed by atoms with Gasteiger partial charge in [-0.3, -0.25) is 9.59 Å². The van der Waals surface area contributed by atoms with Crippen molar-refractivity contribution in [3.05, 3.63) is 47.0 Å². The van der Waals surface area contributed by atoms with Crippen molar-refractivity contribution in [2.75, 3.05) is 54.2 Å². The summed E-state index contributed by atoms with van der Waals surface area (Å²) in [5.41, 5.74) is 2.14. The summed E-state index contributed by atoms with van der Waals surface area (Å²) in [6, 6.07) is 9.68. The van der Waals surface area contributed by atoms with Crippen LogP contribution in [-0.4, -0.2) is 91.0 Å². The Morgan fingerprint density at radius 3 is 2.25 bits per heavy atom. The molecule has 2 heterocycles. The molecule has 2 unspecified atom stereocenters. The third kappa shape index (κ3) is 7.93. The first kappa shape index (κ1) is 33.8. The number of hydrogen-bond donors (Lipinski definition) is 1. The van der Waals surface area contributed by atoms with Crippen LogP contribution in [0.4, 0.5) is 0 Å². The maximum Gasteiger partial charge on any atom is 0.237 e. The first-order chi connectivity index (χ1) is 20.6. The number of likely N-dealkylation sites (N-methyl/N-ethyl adjacent to an activating group) is 1. The van der Waals surface area contributed by atoms with Crippen LogP contribution >= 0.6 is 11.8 Å². The lowest BCUT2D eigenvalue weighted by Crippen LogP contribution is -2.36. The number of aromatic hydroxyl groups is 1. The van der Waals surface area contributed by atoms with Gasteiger partial charge >= 0.3 is 0 Å². The number of phenolic OH excluding ortho intramolecular Hbond substituents is 1. The molecule has 9 nitrogen and oxygen atoms in total. The summed E-state index contributed by atoms with van der Waals surface area (Å²) in [4.78, 5) is 32.1. The average Bonchev–Trinajstić information content (AvgIpc) is 3.51. The highest BCUT2D eigenvalue weighted by atomic mass is 32.2. The smallest absolute Gasteiger partial charge is 0.237 e. The fourth-order valence-electron chi connectivity index (χ4n) is 5.40. The zero-order chi connectivity index (χ0) is 32.4. The van der Waals surface area contributed by atoms with Crippen molar-refractivity contribution in [1.29, 1.82) is 0 Å². The fourth-order valence-corrected chi connectivity index (χ4v) is 6.85. The molecule has 242 valence electrons.